The first-order chi connectivity index (χ1) is 12.3. The first-order valence-electron chi connectivity index (χ1n) is 8.50. The summed E-state index contributed by atoms with van der Waals surface area (Å²) in [4.78, 5) is 5.02. The third-order valence-electron chi connectivity index (χ3n) is 4.37. The van der Waals surface area contributed by atoms with Crippen LogP contribution in [0, 0.1) is 6.92 Å². The van der Waals surface area contributed by atoms with Crippen molar-refractivity contribution in [1.29, 1.82) is 0 Å². The van der Waals surface area contributed by atoms with E-state index in [1.165, 1.54) is 11.1 Å². The Morgan fingerprint density at radius 3 is 1.76 bits per heavy atom. The van der Waals surface area contributed by atoms with Gasteiger partial charge in [0.15, 0.2) is 0 Å². The molecule has 0 bridgehead atoms. The molecule has 25 heavy (non-hydrogen) atoms. The van der Waals surface area contributed by atoms with Crippen LogP contribution in [0.4, 0.5) is 0 Å². The number of pyridine rings is 1. The van der Waals surface area contributed by atoms with E-state index in [4.69, 9.17) is 4.98 Å². The lowest BCUT2D eigenvalue weighted by Gasteiger charge is -2.12. The number of aromatic nitrogens is 1. The summed E-state index contributed by atoms with van der Waals surface area (Å²) in [6.07, 6.45) is 0. The summed E-state index contributed by atoms with van der Waals surface area (Å²) >= 11 is 0. The zero-order chi connectivity index (χ0) is 17.1. The molecule has 0 aliphatic carbocycles. The summed E-state index contributed by atoms with van der Waals surface area (Å²) in [6, 6.07) is 33.7. The van der Waals surface area contributed by atoms with Crippen molar-refractivity contribution in [3.05, 3.63) is 103 Å². The predicted molar refractivity (Wildman–Crippen MR) is 105 cm³/mol. The quantitative estimate of drug-likeness (QED) is 0.426. The van der Waals surface area contributed by atoms with E-state index < -0.39 is 0 Å². The normalized spacial score (nSPS) is 10.6. The minimum Gasteiger partial charge on any atom is -0.247 e. The van der Waals surface area contributed by atoms with Gasteiger partial charge in [-0.05, 0) is 18.6 Å². The van der Waals surface area contributed by atoms with Crippen LogP contribution in [0.5, 0.6) is 0 Å². The average molecular weight is 321 g/mol. The number of hydrogen-bond donors (Lipinski definition) is 0. The molecule has 4 rings (SSSR count). The summed E-state index contributed by atoms with van der Waals surface area (Å²) in [5, 5.41) is 0. The highest BCUT2D eigenvalue weighted by Crippen LogP contribution is 2.33. The summed E-state index contributed by atoms with van der Waals surface area (Å²) in [7, 11) is 0. The molecule has 0 aliphatic rings. The van der Waals surface area contributed by atoms with Crippen molar-refractivity contribution in [2.24, 2.45) is 0 Å². The fraction of sp³-hybridized carbons (Fsp3) is 0.0417. The van der Waals surface area contributed by atoms with E-state index in [2.05, 4.69) is 79.7 Å². The van der Waals surface area contributed by atoms with Crippen LogP contribution in [0.25, 0.3) is 33.6 Å². The van der Waals surface area contributed by atoms with Crippen molar-refractivity contribution in [2.45, 2.75) is 6.92 Å². The Labute approximate surface area is 148 Å². The van der Waals surface area contributed by atoms with Crippen LogP contribution in [-0.2, 0) is 0 Å². The highest BCUT2D eigenvalue weighted by Gasteiger charge is 2.11. The molecule has 1 nitrogen and oxygen atoms in total. The van der Waals surface area contributed by atoms with E-state index in [1.54, 1.807) is 0 Å². The van der Waals surface area contributed by atoms with Gasteiger partial charge in [-0.15, -0.1) is 0 Å². The van der Waals surface area contributed by atoms with Gasteiger partial charge in [0.2, 0.25) is 0 Å². The van der Waals surface area contributed by atoms with Gasteiger partial charge in [-0.1, -0.05) is 96.6 Å². The van der Waals surface area contributed by atoms with Crippen molar-refractivity contribution in [2.75, 3.05) is 0 Å². The van der Waals surface area contributed by atoms with Gasteiger partial charge in [-0.2, -0.15) is 0 Å². The van der Waals surface area contributed by atoms with E-state index in [-0.39, 0.29) is 0 Å². The fourth-order valence-electron chi connectivity index (χ4n) is 3.01. The molecule has 1 heteroatoms. The van der Waals surface area contributed by atoms with E-state index >= 15 is 0 Å². The molecule has 0 unspecified atom stereocenters. The topological polar surface area (TPSA) is 12.9 Å². The van der Waals surface area contributed by atoms with Gasteiger partial charge in [-0.3, -0.25) is 0 Å². The van der Waals surface area contributed by atoms with Crippen LogP contribution in [-0.4, -0.2) is 4.98 Å². The molecule has 0 radical (unpaired) electrons. The van der Waals surface area contributed by atoms with Gasteiger partial charge in [0.25, 0.3) is 0 Å². The SMILES string of the molecule is Cc1ccc(-c2nc(-c3ccccc3)ccc2-c2ccccc2)cc1. The average Bonchev–Trinajstić information content (AvgIpc) is 2.69. The Kier molecular flexibility index (Phi) is 4.14. The van der Waals surface area contributed by atoms with Gasteiger partial charge < -0.3 is 0 Å². The van der Waals surface area contributed by atoms with Crippen molar-refractivity contribution < 1.29 is 0 Å². The number of nitrogens with zero attached hydrogens (tertiary/aromatic N) is 1. The molecule has 0 saturated carbocycles. The second-order valence-electron chi connectivity index (χ2n) is 6.19. The summed E-state index contributed by atoms with van der Waals surface area (Å²) in [5.74, 6) is 0. The van der Waals surface area contributed by atoms with Crippen molar-refractivity contribution in [3.8, 4) is 33.6 Å². The Hall–Kier alpha value is -3.19. The highest BCUT2D eigenvalue weighted by atomic mass is 14.7. The molecule has 0 aliphatic heterocycles. The molecule has 120 valence electrons. The third kappa shape index (κ3) is 3.22. The Morgan fingerprint density at radius 1 is 0.520 bits per heavy atom. The number of aryl methyl sites for hydroxylation is 1. The third-order valence-corrected chi connectivity index (χ3v) is 4.37. The number of benzene rings is 3. The van der Waals surface area contributed by atoms with Crippen molar-refractivity contribution in [3.63, 3.8) is 0 Å². The predicted octanol–water partition coefficient (Wildman–Crippen LogP) is 6.39. The Bertz CT molecular complexity index is 971. The van der Waals surface area contributed by atoms with Crippen molar-refractivity contribution in [1.82, 2.24) is 4.98 Å². The lowest BCUT2D eigenvalue weighted by Crippen LogP contribution is -1.92. The Balaban J connectivity index is 1.91. The van der Waals surface area contributed by atoms with Gasteiger partial charge in [-0.25, -0.2) is 4.98 Å². The minimum atomic E-state index is 0.996. The van der Waals surface area contributed by atoms with Gasteiger partial charge in [0.1, 0.15) is 0 Å². The van der Waals surface area contributed by atoms with Crippen molar-refractivity contribution >= 4 is 0 Å². The zero-order valence-electron chi connectivity index (χ0n) is 14.2. The standard InChI is InChI=1S/C24H19N/c1-18-12-14-21(15-13-18)24-22(19-8-4-2-5-9-19)16-17-23(25-24)20-10-6-3-7-11-20/h2-17H,1H3. The molecule has 1 aromatic heterocycles. The second kappa shape index (κ2) is 6.74. The summed E-state index contributed by atoms with van der Waals surface area (Å²) < 4.78 is 0. The molecule has 0 spiro atoms. The maximum absolute atomic E-state index is 5.02. The van der Waals surface area contributed by atoms with Crippen LogP contribution in [0.2, 0.25) is 0 Å². The van der Waals surface area contributed by atoms with Gasteiger partial charge in [0, 0.05) is 16.7 Å². The summed E-state index contributed by atoms with van der Waals surface area (Å²) in [5.41, 5.74) is 7.89. The molecule has 4 aromatic rings. The molecule has 0 fully saturated rings. The van der Waals surface area contributed by atoms with Gasteiger partial charge >= 0.3 is 0 Å². The Morgan fingerprint density at radius 2 is 1.12 bits per heavy atom. The summed E-state index contributed by atoms with van der Waals surface area (Å²) in [6.45, 7) is 2.11. The van der Waals surface area contributed by atoms with E-state index in [9.17, 15) is 0 Å². The van der Waals surface area contributed by atoms with Crippen LogP contribution in [0.1, 0.15) is 5.56 Å². The lowest BCUT2D eigenvalue weighted by atomic mass is 9.97. The molecule has 1 heterocycles. The number of hydrogen-bond acceptors (Lipinski definition) is 1. The minimum absolute atomic E-state index is 0.996. The maximum atomic E-state index is 5.02. The molecule has 0 amide bonds. The second-order valence-corrected chi connectivity index (χ2v) is 6.19. The molecule has 0 saturated heterocycles. The molecular formula is C24H19N. The zero-order valence-corrected chi connectivity index (χ0v) is 14.2. The maximum Gasteiger partial charge on any atom is 0.0787 e. The van der Waals surface area contributed by atoms with Gasteiger partial charge in [0.05, 0.1) is 11.4 Å². The molecular weight excluding hydrogens is 302 g/mol. The smallest absolute Gasteiger partial charge is 0.0787 e. The van der Waals surface area contributed by atoms with E-state index in [0.29, 0.717) is 0 Å². The lowest BCUT2D eigenvalue weighted by molar-refractivity contribution is 1.32. The molecule has 0 N–H and O–H groups in total. The first-order valence-corrected chi connectivity index (χ1v) is 8.50. The van der Waals surface area contributed by atoms with Crippen LogP contribution >= 0.6 is 0 Å². The fourth-order valence-corrected chi connectivity index (χ4v) is 3.01. The largest absolute Gasteiger partial charge is 0.247 e. The first kappa shape index (κ1) is 15.3. The molecule has 3 aromatic carbocycles. The van der Waals surface area contributed by atoms with E-state index in [1.807, 2.05) is 24.3 Å². The van der Waals surface area contributed by atoms with E-state index in [0.717, 1.165) is 28.1 Å². The highest BCUT2D eigenvalue weighted by molar-refractivity contribution is 5.82. The van der Waals surface area contributed by atoms with Crippen LogP contribution < -0.4 is 0 Å². The van der Waals surface area contributed by atoms with Crippen LogP contribution in [0.15, 0.2) is 97.1 Å². The number of rotatable bonds is 3. The monoisotopic (exact) mass is 321 g/mol. The molecule has 0 atom stereocenters. The van der Waals surface area contributed by atoms with Crippen LogP contribution in [0.3, 0.4) is 0 Å².